The molecule has 0 aromatic heterocycles. The van der Waals surface area contributed by atoms with Crippen LogP contribution in [0, 0.1) is 11.8 Å². The summed E-state index contributed by atoms with van der Waals surface area (Å²) in [4.78, 5) is 23.4. The predicted octanol–water partition coefficient (Wildman–Crippen LogP) is 1.42. The lowest BCUT2D eigenvalue weighted by molar-refractivity contribution is -0.142. The fraction of sp³-hybridized carbons (Fsp3) is 0.500. The molecule has 1 rings (SSSR count). The number of hydrogen-bond acceptors (Lipinski definition) is 3. The lowest BCUT2D eigenvalue weighted by Crippen LogP contribution is -2.46. The zero-order valence-electron chi connectivity index (χ0n) is 12.6. The molecule has 116 valence electrons. The summed E-state index contributed by atoms with van der Waals surface area (Å²) in [6.07, 6.45) is 0.966. The molecule has 5 heteroatoms. The smallest absolute Gasteiger partial charge is 0.326 e. The van der Waals surface area contributed by atoms with Crippen molar-refractivity contribution in [2.75, 3.05) is 6.54 Å². The molecule has 0 spiro atoms. The first-order chi connectivity index (χ1) is 9.95. The maximum atomic E-state index is 12.1. The highest BCUT2D eigenvalue weighted by atomic mass is 16.4. The van der Waals surface area contributed by atoms with Crippen LogP contribution in [0.5, 0.6) is 0 Å². The summed E-state index contributed by atoms with van der Waals surface area (Å²) >= 11 is 0. The topological polar surface area (TPSA) is 92.4 Å². The van der Waals surface area contributed by atoms with Gasteiger partial charge < -0.3 is 16.2 Å². The Balaban J connectivity index is 2.61. The third-order valence-corrected chi connectivity index (χ3v) is 3.57. The van der Waals surface area contributed by atoms with E-state index in [1.165, 1.54) is 0 Å². The normalized spacial score (nSPS) is 13.7. The molecule has 0 bridgehead atoms. The molecule has 0 aliphatic rings. The maximum absolute atomic E-state index is 12.1. The number of benzene rings is 1. The molecule has 0 heterocycles. The van der Waals surface area contributed by atoms with Crippen molar-refractivity contribution in [2.24, 2.45) is 17.6 Å². The van der Waals surface area contributed by atoms with E-state index in [9.17, 15) is 14.7 Å². The molecular formula is C16H24N2O3. The molecule has 0 saturated heterocycles. The fourth-order valence-corrected chi connectivity index (χ4v) is 2.17. The van der Waals surface area contributed by atoms with E-state index in [-0.39, 0.29) is 24.3 Å². The predicted molar refractivity (Wildman–Crippen MR) is 81.7 cm³/mol. The first-order valence-corrected chi connectivity index (χ1v) is 7.22. The summed E-state index contributed by atoms with van der Waals surface area (Å²) in [5, 5.41) is 11.8. The number of carbonyl (C=O) groups is 2. The number of amides is 1. The molecule has 1 aromatic carbocycles. The van der Waals surface area contributed by atoms with Gasteiger partial charge in [-0.05, 0) is 24.3 Å². The van der Waals surface area contributed by atoms with Crippen LogP contribution in [-0.2, 0) is 16.0 Å². The zero-order valence-corrected chi connectivity index (χ0v) is 12.6. The molecule has 1 unspecified atom stereocenters. The van der Waals surface area contributed by atoms with E-state index < -0.39 is 12.0 Å². The van der Waals surface area contributed by atoms with Crippen molar-refractivity contribution in [1.29, 1.82) is 0 Å². The molecule has 5 nitrogen and oxygen atoms in total. The van der Waals surface area contributed by atoms with E-state index in [0.29, 0.717) is 12.8 Å². The van der Waals surface area contributed by atoms with Crippen LogP contribution < -0.4 is 11.1 Å². The van der Waals surface area contributed by atoms with Gasteiger partial charge in [0, 0.05) is 6.54 Å². The van der Waals surface area contributed by atoms with Crippen molar-refractivity contribution < 1.29 is 14.7 Å². The Morgan fingerprint density at radius 3 is 2.33 bits per heavy atom. The van der Waals surface area contributed by atoms with Gasteiger partial charge in [0.25, 0.3) is 0 Å². The Hall–Kier alpha value is -1.88. The minimum Gasteiger partial charge on any atom is -0.480 e. The summed E-state index contributed by atoms with van der Waals surface area (Å²) in [6, 6.07) is 8.73. The van der Waals surface area contributed by atoms with Gasteiger partial charge in [0.05, 0.1) is 5.92 Å². The fourth-order valence-electron chi connectivity index (χ4n) is 2.17. The average Bonchev–Trinajstić information content (AvgIpc) is 2.44. The summed E-state index contributed by atoms with van der Waals surface area (Å²) in [7, 11) is 0. The summed E-state index contributed by atoms with van der Waals surface area (Å²) in [5.41, 5.74) is 6.64. The van der Waals surface area contributed by atoms with Crippen LogP contribution in [0.15, 0.2) is 30.3 Å². The lowest BCUT2D eigenvalue weighted by atomic mass is 9.94. The number of carbonyl (C=O) groups excluding carboxylic acids is 1. The first-order valence-electron chi connectivity index (χ1n) is 7.22. The van der Waals surface area contributed by atoms with Crippen molar-refractivity contribution in [3.8, 4) is 0 Å². The Kier molecular flexibility index (Phi) is 6.88. The third-order valence-electron chi connectivity index (χ3n) is 3.57. The highest BCUT2D eigenvalue weighted by Crippen LogP contribution is 2.11. The monoisotopic (exact) mass is 292 g/mol. The standard InChI is InChI=1S/C16H24N2O3/c1-11(2)13(10-17)15(19)18-14(16(20)21)9-8-12-6-4-3-5-7-12/h3-7,11,13-14H,8-10,17H2,1-2H3,(H,18,19)(H,20,21)/t13?,14-/m0/s1. The van der Waals surface area contributed by atoms with Gasteiger partial charge in [-0.15, -0.1) is 0 Å². The molecule has 0 aliphatic heterocycles. The van der Waals surface area contributed by atoms with Gasteiger partial charge in [-0.3, -0.25) is 4.79 Å². The van der Waals surface area contributed by atoms with Crippen LogP contribution in [0.2, 0.25) is 0 Å². The summed E-state index contributed by atoms with van der Waals surface area (Å²) in [6.45, 7) is 4.02. The van der Waals surface area contributed by atoms with Gasteiger partial charge in [-0.2, -0.15) is 0 Å². The highest BCUT2D eigenvalue weighted by Gasteiger charge is 2.26. The van der Waals surface area contributed by atoms with Gasteiger partial charge >= 0.3 is 5.97 Å². The van der Waals surface area contributed by atoms with Gasteiger partial charge in [-0.1, -0.05) is 44.2 Å². The van der Waals surface area contributed by atoms with Crippen molar-refractivity contribution in [3.05, 3.63) is 35.9 Å². The molecule has 1 amide bonds. The highest BCUT2D eigenvalue weighted by molar-refractivity contribution is 5.85. The number of rotatable bonds is 8. The number of nitrogens with two attached hydrogens (primary N) is 1. The minimum atomic E-state index is -1.01. The van der Waals surface area contributed by atoms with Gasteiger partial charge in [-0.25, -0.2) is 4.79 Å². The molecule has 0 fully saturated rings. The SMILES string of the molecule is CC(C)C(CN)C(=O)N[C@@H](CCc1ccccc1)C(=O)O. The van der Waals surface area contributed by atoms with Crippen LogP contribution in [0.1, 0.15) is 25.8 Å². The number of nitrogens with one attached hydrogen (secondary N) is 1. The maximum Gasteiger partial charge on any atom is 0.326 e. The van der Waals surface area contributed by atoms with E-state index in [4.69, 9.17) is 5.73 Å². The third kappa shape index (κ3) is 5.55. The average molecular weight is 292 g/mol. The van der Waals surface area contributed by atoms with Crippen LogP contribution >= 0.6 is 0 Å². The van der Waals surface area contributed by atoms with Crippen molar-refractivity contribution >= 4 is 11.9 Å². The quantitative estimate of drug-likeness (QED) is 0.675. The van der Waals surface area contributed by atoms with E-state index in [1.807, 2.05) is 44.2 Å². The van der Waals surface area contributed by atoms with Crippen LogP contribution in [0.25, 0.3) is 0 Å². The second-order valence-corrected chi connectivity index (χ2v) is 5.51. The minimum absolute atomic E-state index is 0.0820. The molecule has 21 heavy (non-hydrogen) atoms. The molecule has 0 radical (unpaired) electrons. The largest absolute Gasteiger partial charge is 0.480 e. The molecule has 4 N–H and O–H groups in total. The van der Waals surface area contributed by atoms with E-state index in [1.54, 1.807) is 0 Å². The van der Waals surface area contributed by atoms with Gasteiger partial charge in [0.2, 0.25) is 5.91 Å². The molecule has 2 atom stereocenters. The first kappa shape index (κ1) is 17.2. The number of carboxylic acid groups (broad SMARTS) is 1. The van der Waals surface area contributed by atoms with Crippen molar-refractivity contribution in [3.63, 3.8) is 0 Å². The van der Waals surface area contributed by atoms with Crippen LogP contribution in [-0.4, -0.2) is 29.6 Å². The summed E-state index contributed by atoms with van der Waals surface area (Å²) < 4.78 is 0. The zero-order chi connectivity index (χ0) is 15.8. The van der Waals surface area contributed by atoms with E-state index >= 15 is 0 Å². The molecule has 0 saturated carbocycles. The number of carboxylic acids is 1. The summed E-state index contributed by atoms with van der Waals surface area (Å²) in [5.74, 6) is -1.58. The Morgan fingerprint density at radius 1 is 1.24 bits per heavy atom. The van der Waals surface area contributed by atoms with Crippen LogP contribution in [0.4, 0.5) is 0 Å². The van der Waals surface area contributed by atoms with Gasteiger partial charge in [0.15, 0.2) is 0 Å². The second kappa shape index (κ2) is 8.42. The molecular weight excluding hydrogens is 268 g/mol. The van der Waals surface area contributed by atoms with E-state index in [2.05, 4.69) is 5.32 Å². The Labute approximate surface area is 125 Å². The van der Waals surface area contributed by atoms with Gasteiger partial charge in [0.1, 0.15) is 6.04 Å². The van der Waals surface area contributed by atoms with Crippen molar-refractivity contribution in [1.82, 2.24) is 5.32 Å². The number of hydrogen-bond donors (Lipinski definition) is 3. The number of aliphatic carboxylic acids is 1. The lowest BCUT2D eigenvalue weighted by Gasteiger charge is -2.21. The number of aryl methyl sites for hydroxylation is 1. The van der Waals surface area contributed by atoms with E-state index in [0.717, 1.165) is 5.56 Å². The Bertz CT molecular complexity index is 460. The second-order valence-electron chi connectivity index (χ2n) is 5.51. The molecule has 0 aliphatic carbocycles. The van der Waals surface area contributed by atoms with Crippen LogP contribution in [0.3, 0.4) is 0 Å². The van der Waals surface area contributed by atoms with Crippen molar-refractivity contribution in [2.45, 2.75) is 32.7 Å². The molecule has 1 aromatic rings. The Morgan fingerprint density at radius 2 is 1.86 bits per heavy atom.